The van der Waals surface area contributed by atoms with E-state index in [9.17, 15) is 28.0 Å². The number of rotatable bonds is 18. The van der Waals surface area contributed by atoms with Gasteiger partial charge in [0.1, 0.15) is 23.4 Å². The molecule has 4 amide bonds. The molecular weight excluding hydrogens is 892 g/mol. The van der Waals surface area contributed by atoms with E-state index in [0.29, 0.717) is 63.1 Å². The molecule has 0 bridgehead atoms. The van der Waals surface area contributed by atoms with Crippen molar-refractivity contribution in [2.45, 2.75) is 83.5 Å². The average molecular weight is 940 g/mol. The van der Waals surface area contributed by atoms with Crippen LogP contribution in [0.5, 0.6) is 0 Å². The van der Waals surface area contributed by atoms with Gasteiger partial charge in [-0.05, 0) is 87.3 Å². The summed E-state index contributed by atoms with van der Waals surface area (Å²) in [5.74, 6) is -2.27. The van der Waals surface area contributed by atoms with Crippen LogP contribution in [0.3, 0.4) is 0 Å². The number of aliphatic imine (C=N–C) groups is 1. The minimum atomic E-state index is -0.718. The lowest BCUT2D eigenvalue weighted by molar-refractivity contribution is -0.137. The van der Waals surface area contributed by atoms with Crippen molar-refractivity contribution in [1.29, 1.82) is 0 Å². The number of nitrogens with one attached hydrogen (secondary N) is 4. The van der Waals surface area contributed by atoms with Crippen LogP contribution in [0.2, 0.25) is 5.02 Å². The zero-order valence-corrected chi connectivity index (χ0v) is 37.8. The molecule has 3 aliphatic rings. The van der Waals surface area contributed by atoms with Crippen LogP contribution in [-0.4, -0.2) is 78.3 Å². The highest BCUT2D eigenvalue weighted by Crippen LogP contribution is 2.36. The molecule has 0 spiro atoms. The molecule has 6 aromatic rings. The molecule has 1 atom stereocenters. The Morgan fingerprint density at radius 3 is 2.47 bits per heavy atom. The van der Waals surface area contributed by atoms with E-state index in [1.807, 2.05) is 35.1 Å². The van der Waals surface area contributed by atoms with Crippen LogP contribution in [0.1, 0.15) is 90.4 Å². The molecule has 1 fully saturated rings. The van der Waals surface area contributed by atoms with Crippen molar-refractivity contribution >= 4 is 58.3 Å². The first-order valence-electron chi connectivity index (χ1n) is 22.8. The van der Waals surface area contributed by atoms with Gasteiger partial charge in [0.2, 0.25) is 23.7 Å². The molecule has 0 aliphatic carbocycles. The number of unbranched alkanes of at least 4 members (excludes halogenated alkanes) is 4. The molecule has 18 heteroatoms. The highest BCUT2D eigenvalue weighted by Gasteiger charge is 2.40. The maximum Gasteiger partial charge on any atom is 0.255 e. The Labute approximate surface area is 395 Å². The molecule has 5 heterocycles. The zero-order valence-electron chi connectivity index (χ0n) is 37.0. The van der Waals surface area contributed by atoms with Crippen molar-refractivity contribution in [1.82, 2.24) is 40.5 Å². The summed E-state index contributed by atoms with van der Waals surface area (Å²) in [5, 5.41) is 21.1. The molecule has 3 aliphatic heterocycles. The summed E-state index contributed by atoms with van der Waals surface area (Å²) in [4.78, 5) is 65.3. The van der Waals surface area contributed by atoms with E-state index in [4.69, 9.17) is 16.6 Å². The highest BCUT2D eigenvalue weighted by molar-refractivity contribution is 6.31. The third kappa shape index (κ3) is 10.3. The number of imide groups is 1. The van der Waals surface area contributed by atoms with E-state index in [2.05, 4.69) is 41.6 Å². The number of benzene rings is 4. The molecular formula is C50H48ClF2N11O4. The van der Waals surface area contributed by atoms with Crippen LogP contribution < -0.4 is 21.3 Å². The van der Waals surface area contributed by atoms with Gasteiger partial charge in [-0.25, -0.2) is 18.7 Å². The quantitative estimate of drug-likeness (QED) is 0.0484. The number of anilines is 3. The predicted molar refractivity (Wildman–Crippen MR) is 253 cm³/mol. The molecule has 348 valence electrons. The van der Waals surface area contributed by atoms with Crippen LogP contribution in [-0.2, 0) is 34.0 Å². The van der Waals surface area contributed by atoms with Crippen molar-refractivity contribution in [3.05, 3.63) is 136 Å². The summed E-state index contributed by atoms with van der Waals surface area (Å²) < 4.78 is 31.7. The number of carbonyl (C=O) groups is 4. The van der Waals surface area contributed by atoms with Crippen molar-refractivity contribution in [3.63, 3.8) is 0 Å². The number of amides is 4. The molecule has 1 saturated heterocycles. The molecule has 9 rings (SSSR count). The molecule has 1 unspecified atom stereocenters. The Bertz CT molecular complexity index is 2910. The maximum absolute atomic E-state index is 15.0. The van der Waals surface area contributed by atoms with Gasteiger partial charge >= 0.3 is 0 Å². The molecule has 2 aromatic heterocycles. The number of nitrogens with zero attached hydrogens (tertiary/aromatic N) is 7. The number of fused-ring (bicyclic) bond motifs is 4. The van der Waals surface area contributed by atoms with Gasteiger partial charge in [-0.1, -0.05) is 66.4 Å². The SMILES string of the molecule is O=C1CCC(N2Cc3c(NC(=O)CCCCCCCNCCCn4cc(-c5ccc(Nc6ncc7c(n6)-c6ccc(Cl)cc6C(c6c(F)cccc6F)=NC7)cc5)nn4)cccc3C2=O)C(=O)N1. The third-order valence-electron chi connectivity index (χ3n) is 12.3. The monoisotopic (exact) mass is 939 g/mol. The van der Waals surface area contributed by atoms with Gasteiger partial charge in [0.05, 0.1) is 29.7 Å². The van der Waals surface area contributed by atoms with E-state index >= 15 is 0 Å². The van der Waals surface area contributed by atoms with E-state index in [0.717, 1.165) is 68.6 Å². The Hall–Kier alpha value is -7.24. The van der Waals surface area contributed by atoms with Gasteiger partial charge < -0.3 is 20.9 Å². The first-order chi connectivity index (χ1) is 33.1. The van der Waals surface area contributed by atoms with E-state index in [1.165, 1.54) is 23.1 Å². The van der Waals surface area contributed by atoms with Crippen molar-refractivity contribution < 1.29 is 28.0 Å². The summed E-state index contributed by atoms with van der Waals surface area (Å²) >= 11 is 6.37. The first kappa shape index (κ1) is 45.9. The zero-order chi connectivity index (χ0) is 47.1. The Balaban J connectivity index is 0.670. The fourth-order valence-electron chi connectivity index (χ4n) is 8.79. The molecule has 4 N–H and O–H groups in total. The highest BCUT2D eigenvalue weighted by atomic mass is 35.5. The summed E-state index contributed by atoms with van der Waals surface area (Å²) in [7, 11) is 0. The van der Waals surface area contributed by atoms with Crippen LogP contribution in [0.25, 0.3) is 22.5 Å². The molecule has 68 heavy (non-hydrogen) atoms. The van der Waals surface area contributed by atoms with Crippen molar-refractivity contribution in [2.75, 3.05) is 23.7 Å². The van der Waals surface area contributed by atoms with Crippen LogP contribution in [0, 0.1) is 11.6 Å². The van der Waals surface area contributed by atoms with E-state index < -0.39 is 23.6 Å². The van der Waals surface area contributed by atoms with Crippen molar-refractivity contribution in [2.24, 2.45) is 4.99 Å². The van der Waals surface area contributed by atoms with E-state index in [-0.39, 0.29) is 54.9 Å². The van der Waals surface area contributed by atoms with Crippen molar-refractivity contribution in [3.8, 4) is 22.5 Å². The topological polar surface area (TPSA) is 188 Å². The minimum Gasteiger partial charge on any atom is -0.326 e. The normalized spacial score (nSPS) is 15.3. The first-order valence-corrected chi connectivity index (χ1v) is 23.2. The molecule has 4 aromatic carbocycles. The lowest BCUT2D eigenvalue weighted by atomic mass is 9.95. The predicted octanol–water partition coefficient (Wildman–Crippen LogP) is 8.15. The summed E-state index contributed by atoms with van der Waals surface area (Å²) in [6.45, 7) is 2.80. The molecule has 0 radical (unpaired) electrons. The fourth-order valence-corrected chi connectivity index (χ4v) is 8.96. The summed E-state index contributed by atoms with van der Waals surface area (Å²) in [6, 6.07) is 21.1. The van der Waals surface area contributed by atoms with Gasteiger partial charge in [0, 0.05) is 81.9 Å². The number of hydrogen-bond donors (Lipinski definition) is 4. The Morgan fingerprint density at radius 1 is 0.868 bits per heavy atom. The largest absolute Gasteiger partial charge is 0.326 e. The number of halogens is 3. The molecule has 15 nitrogen and oxygen atoms in total. The summed E-state index contributed by atoms with van der Waals surface area (Å²) in [6.07, 6.45) is 10.1. The number of aryl methyl sites for hydroxylation is 1. The lowest BCUT2D eigenvalue weighted by Crippen LogP contribution is -2.52. The maximum atomic E-state index is 15.0. The minimum absolute atomic E-state index is 0.108. The smallest absolute Gasteiger partial charge is 0.255 e. The van der Waals surface area contributed by atoms with Gasteiger partial charge in [-0.2, -0.15) is 0 Å². The second-order valence-corrected chi connectivity index (χ2v) is 17.4. The average Bonchev–Trinajstić information content (AvgIpc) is 3.90. The second kappa shape index (κ2) is 20.7. The third-order valence-corrected chi connectivity index (χ3v) is 12.5. The second-order valence-electron chi connectivity index (χ2n) is 17.0. The van der Waals surface area contributed by atoms with Crippen LogP contribution >= 0.6 is 11.6 Å². The van der Waals surface area contributed by atoms with Gasteiger partial charge in [0.25, 0.3) is 5.91 Å². The standard InChI is InChI=1S/C50H48ClF2N11O4/c51-32-16-19-34-36(25-32)47(45-38(52)10-7-11-39(45)53)55-26-31-27-56-50(60-46(31)34)57-33-17-14-30(15-18-33)41-29-63(62-61-41)24-8-23-54-22-5-3-1-2-4-13-43(65)58-40-12-6-9-35-37(40)28-64(49(35)68)42-20-21-44(66)59-48(42)67/h6-7,9-12,14-19,25,27,29,42,54H,1-5,8,13,20-24,26,28H2,(H,58,65)(H,56,57,60)(H,59,66,67). The van der Waals surface area contributed by atoms with E-state index in [1.54, 1.807) is 42.6 Å². The lowest BCUT2D eigenvalue weighted by Gasteiger charge is -2.29. The Kier molecular flexibility index (Phi) is 14.0. The van der Waals surface area contributed by atoms with Gasteiger partial charge in [-0.3, -0.25) is 34.2 Å². The van der Waals surface area contributed by atoms with Gasteiger partial charge in [-0.15, -0.1) is 5.10 Å². The number of carbonyl (C=O) groups excluding carboxylic acids is 4. The number of hydrogen-bond acceptors (Lipinski definition) is 11. The number of aromatic nitrogens is 5. The summed E-state index contributed by atoms with van der Waals surface area (Å²) in [5.41, 5.74) is 6.47. The van der Waals surface area contributed by atoms with Crippen LogP contribution in [0.4, 0.5) is 26.1 Å². The molecule has 0 saturated carbocycles. The number of piperidine rings is 1. The van der Waals surface area contributed by atoms with Crippen LogP contribution in [0.15, 0.2) is 96.2 Å². The Morgan fingerprint density at radius 2 is 1.65 bits per heavy atom. The van der Waals surface area contributed by atoms with Gasteiger partial charge in [0.15, 0.2) is 0 Å². The fraction of sp³-hybridized carbons (Fsp3) is 0.300.